The smallest absolute Gasteiger partial charge is 0.337 e. The van der Waals surface area contributed by atoms with Gasteiger partial charge in [-0.1, -0.05) is 17.7 Å². The van der Waals surface area contributed by atoms with Crippen molar-refractivity contribution in [1.82, 2.24) is 9.97 Å². The van der Waals surface area contributed by atoms with E-state index in [2.05, 4.69) is 14.7 Å². The third-order valence-electron chi connectivity index (χ3n) is 3.10. The summed E-state index contributed by atoms with van der Waals surface area (Å²) < 4.78 is 18.6. The van der Waals surface area contributed by atoms with Crippen molar-refractivity contribution in [2.45, 2.75) is 0 Å². The van der Waals surface area contributed by atoms with Gasteiger partial charge >= 0.3 is 5.97 Å². The number of nitrogens with one attached hydrogen (secondary N) is 1. The van der Waals surface area contributed by atoms with Crippen molar-refractivity contribution in [3.63, 3.8) is 0 Å². The van der Waals surface area contributed by atoms with Gasteiger partial charge < -0.3 is 9.72 Å². The Hall–Kier alpha value is -2.40. The molecular formula is C15H10ClFN2O2. The predicted octanol–water partition coefficient (Wildman–Crippen LogP) is 3.81. The van der Waals surface area contributed by atoms with Gasteiger partial charge in [-0.05, 0) is 30.3 Å². The molecule has 0 atom stereocenters. The molecule has 0 bridgehead atoms. The minimum Gasteiger partial charge on any atom is -0.465 e. The van der Waals surface area contributed by atoms with E-state index in [0.717, 1.165) is 0 Å². The molecule has 0 saturated carbocycles. The van der Waals surface area contributed by atoms with Crippen LogP contribution in [0.25, 0.3) is 22.4 Å². The summed E-state index contributed by atoms with van der Waals surface area (Å²) in [5.41, 5.74) is 1.80. The fourth-order valence-electron chi connectivity index (χ4n) is 2.10. The molecule has 0 aliphatic rings. The number of hydrogen-bond donors (Lipinski definition) is 1. The number of imidazole rings is 1. The molecular weight excluding hydrogens is 295 g/mol. The molecule has 0 fully saturated rings. The molecule has 0 aliphatic heterocycles. The third-order valence-corrected chi connectivity index (χ3v) is 3.42. The van der Waals surface area contributed by atoms with Gasteiger partial charge in [0, 0.05) is 0 Å². The van der Waals surface area contributed by atoms with Gasteiger partial charge in [-0.2, -0.15) is 0 Å². The Morgan fingerprint density at radius 3 is 2.86 bits per heavy atom. The van der Waals surface area contributed by atoms with Gasteiger partial charge in [-0.25, -0.2) is 14.2 Å². The number of aromatic nitrogens is 2. The standard InChI is InChI=1S/C15H10ClFN2O2/c1-21-15(20)8-5-6-11-12(7-8)19-14(18-11)13-9(16)3-2-4-10(13)17/h2-7H,1H3,(H,18,19). The molecule has 3 rings (SSSR count). The lowest BCUT2D eigenvalue weighted by molar-refractivity contribution is 0.0601. The first-order chi connectivity index (χ1) is 10.1. The lowest BCUT2D eigenvalue weighted by Gasteiger charge is -2.01. The molecule has 3 aromatic rings. The molecule has 106 valence electrons. The molecule has 0 radical (unpaired) electrons. The van der Waals surface area contributed by atoms with Crippen LogP contribution >= 0.6 is 11.6 Å². The molecule has 4 nitrogen and oxygen atoms in total. The second kappa shape index (κ2) is 5.18. The summed E-state index contributed by atoms with van der Waals surface area (Å²) >= 11 is 6.02. The number of ether oxygens (including phenoxy) is 1. The average Bonchev–Trinajstić information content (AvgIpc) is 2.88. The molecule has 0 aliphatic carbocycles. The fraction of sp³-hybridized carbons (Fsp3) is 0.0667. The zero-order valence-electron chi connectivity index (χ0n) is 11.0. The first kappa shape index (κ1) is 13.6. The SMILES string of the molecule is COC(=O)c1ccc2nc(-c3c(F)cccc3Cl)[nH]c2c1. The first-order valence-electron chi connectivity index (χ1n) is 6.12. The highest BCUT2D eigenvalue weighted by atomic mass is 35.5. The van der Waals surface area contributed by atoms with Crippen molar-refractivity contribution in [2.75, 3.05) is 7.11 Å². The van der Waals surface area contributed by atoms with E-state index >= 15 is 0 Å². The van der Waals surface area contributed by atoms with Crippen LogP contribution in [0.1, 0.15) is 10.4 Å². The molecule has 0 amide bonds. The van der Waals surface area contributed by atoms with E-state index in [9.17, 15) is 9.18 Å². The van der Waals surface area contributed by atoms with Crippen molar-refractivity contribution in [1.29, 1.82) is 0 Å². The fourth-order valence-corrected chi connectivity index (χ4v) is 2.35. The monoisotopic (exact) mass is 304 g/mol. The van der Waals surface area contributed by atoms with Crippen molar-refractivity contribution in [2.24, 2.45) is 0 Å². The summed E-state index contributed by atoms with van der Waals surface area (Å²) in [6, 6.07) is 9.30. The van der Waals surface area contributed by atoms with E-state index in [0.29, 0.717) is 22.4 Å². The molecule has 1 heterocycles. The van der Waals surface area contributed by atoms with Crippen LogP contribution in [-0.2, 0) is 4.74 Å². The topological polar surface area (TPSA) is 55.0 Å². The van der Waals surface area contributed by atoms with Crippen LogP contribution in [0.2, 0.25) is 5.02 Å². The summed E-state index contributed by atoms with van der Waals surface area (Å²) in [7, 11) is 1.31. The summed E-state index contributed by atoms with van der Waals surface area (Å²) in [5.74, 6) is -0.596. The quantitative estimate of drug-likeness (QED) is 0.732. The molecule has 2 aromatic carbocycles. The summed E-state index contributed by atoms with van der Waals surface area (Å²) in [5, 5.41) is 0.266. The van der Waals surface area contributed by atoms with Crippen molar-refractivity contribution in [3.05, 3.63) is 52.8 Å². The van der Waals surface area contributed by atoms with E-state index in [1.54, 1.807) is 24.3 Å². The van der Waals surface area contributed by atoms with E-state index in [1.807, 2.05) is 0 Å². The normalized spacial score (nSPS) is 10.8. The Morgan fingerprint density at radius 1 is 1.33 bits per heavy atom. The second-order valence-electron chi connectivity index (χ2n) is 4.41. The Kier molecular flexibility index (Phi) is 3.35. The summed E-state index contributed by atoms with van der Waals surface area (Å²) in [6.45, 7) is 0. The first-order valence-corrected chi connectivity index (χ1v) is 6.50. The minimum absolute atomic E-state index is 0.204. The Bertz CT molecular complexity index is 825. The highest BCUT2D eigenvalue weighted by Crippen LogP contribution is 2.30. The van der Waals surface area contributed by atoms with E-state index in [1.165, 1.54) is 19.2 Å². The number of halogens is 2. The lowest BCUT2D eigenvalue weighted by Crippen LogP contribution is -2.00. The van der Waals surface area contributed by atoms with E-state index in [-0.39, 0.29) is 10.6 Å². The summed E-state index contributed by atoms with van der Waals surface area (Å²) in [6.07, 6.45) is 0. The molecule has 0 unspecified atom stereocenters. The van der Waals surface area contributed by atoms with Crippen LogP contribution < -0.4 is 0 Å². The maximum Gasteiger partial charge on any atom is 0.337 e. The number of hydrogen-bond acceptors (Lipinski definition) is 3. The maximum absolute atomic E-state index is 13.9. The zero-order chi connectivity index (χ0) is 15.0. The van der Waals surface area contributed by atoms with Gasteiger partial charge in [0.25, 0.3) is 0 Å². The van der Waals surface area contributed by atoms with Crippen LogP contribution in [0.15, 0.2) is 36.4 Å². The van der Waals surface area contributed by atoms with Crippen LogP contribution in [0.5, 0.6) is 0 Å². The average molecular weight is 305 g/mol. The van der Waals surface area contributed by atoms with Crippen molar-refractivity contribution < 1.29 is 13.9 Å². The number of rotatable bonds is 2. The molecule has 1 aromatic heterocycles. The zero-order valence-corrected chi connectivity index (χ0v) is 11.7. The van der Waals surface area contributed by atoms with Crippen LogP contribution in [0.4, 0.5) is 4.39 Å². The van der Waals surface area contributed by atoms with E-state index in [4.69, 9.17) is 11.6 Å². The maximum atomic E-state index is 13.9. The van der Waals surface area contributed by atoms with Gasteiger partial charge in [0.05, 0.1) is 34.3 Å². The lowest BCUT2D eigenvalue weighted by atomic mass is 10.2. The number of esters is 1. The molecule has 0 spiro atoms. The number of H-pyrrole nitrogens is 1. The molecule has 21 heavy (non-hydrogen) atoms. The van der Waals surface area contributed by atoms with Crippen LogP contribution in [-0.4, -0.2) is 23.0 Å². The van der Waals surface area contributed by atoms with E-state index < -0.39 is 11.8 Å². The van der Waals surface area contributed by atoms with Gasteiger partial charge in [0.2, 0.25) is 0 Å². The number of fused-ring (bicyclic) bond motifs is 1. The highest BCUT2D eigenvalue weighted by Gasteiger charge is 2.15. The van der Waals surface area contributed by atoms with Gasteiger partial charge in [-0.15, -0.1) is 0 Å². The third kappa shape index (κ3) is 2.36. The number of aromatic amines is 1. The number of nitrogens with zero attached hydrogens (tertiary/aromatic N) is 1. The van der Waals surface area contributed by atoms with Crippen molar-refractivity contribution in [3.8, 4) is 11.4 Å². The van der Waals surface area contributed by atoms with Crippen LogP contribution in [0, 0.1) is 5.82 Å². The van der Waals surface area contributed by atoms with Gasteiger partial charge in [-0.3, -0.25) is 0 Å². The highest BCUT2D eigenvalue weighted by molar-refractivity contribution is 6.33. The molecule has 6 heteroatoms. The number of carbonyl (C=O) groups excluding carboxylic acids is 1. The minimum atomic E-state index is -0.463. The molecule has 0 saturated heterocycles. The number of carbonyl (C=O) groups is 1. The van der Waals surface area contributed by atoms with Gasteiger partial charge in [0.15, 0.2) is 0 Å². The molecule has 1 N–H and O–H groups in total. The Labute approximate surface area is 124 Å². The van der Waals surface area contributed by atoms with Gasteiger partial charge in [0.1, 0.15) is 11.6 Å². The number of methoxy groups -OCH3 is 1. The van der Waals surface area contributed by atoms with Crippen molar-refractivity contribution >= 4 is 28.6 Å². The predicted molar refractivity (Wildman–Crippen MR) is 77.8 cm³/mol. The Morgan fingerprint density at radius 2 is 2.14 bits per heavy atom. The second-order valence-corrected chi connectivity index (χ2v) is 4.81. The summed E-state index contributed by atoms with van der Waals surface area (Å²) in [4.78, 5) is 18.8. The number of benzene rings is 2. The van der Waals surface area contributed by atoms with Crippen LogP contribution in [0.3, 0.4) is 0 Å². The Balaban J connectivity index is 2.15. The largest absolute Gasteiger partial charge is 0.465 e.